The zero-order valence-electron chi connectivity index (χ0n) is 25.4. The van der Waals surface area contributed by atoms with Gasteiger partial charge >= 0.3 is 12.0 Å². The monoisotopic (exact) mass is 615 g/mol. The maximum absolute atomic E-state index is 6.45. The number of nitrogens with zero attached hydrogens (tertiary/aromatic N) is 9. The van der Waals surface area contributed by atoms with Crippen LogP contribution in [0.1, 0.15) is 22.7 Å². The van der Waals surface area contributed by atoms with E-state index in [1.165, 1.54) is 11.1 Å². The first-order valence-corrected chi connectivity index (χ1v) is 14.8. The van der Waals surface area contributed by atoms with E-state index in [2.05, 4.69) is 49.1 Å². The van der Waals surface area contributed by atoms with E-state index in [4.69, 9.17) is 18.9 Å². The molecule has 2 aromatic heterocycles. The molecule has 2 aliphatic rings. The third-order valence-corrected chi connectivity index (χ3v) is 8.53. The number of hydrogen-bond acceptors (Lipinski definition) is 11. The van der Waals surface area contributed by atoms with E-state index in [0.717, 1.165) is 47.5 Å². The number of methoxy groups -OCH3 is 2. The molecule has 1 aliphatic heterocycles. The fraction of sp³-hybridized carbons (Fsp3) is 0.212. The molecule has 1 atom stereocenters. The Hall–Kier alpha value is -5.82. The van der Waals surface area contributed by atoms with Crippen LogP contribution >= 0.6 is 0 Å². The minimum absolute atomic E-state index is 0.125. The smallest absolute Gasteiger partial charge is 0.346 e. The largest absolute Gasteiger partial charge is 0.493 e. The first-order chi connectivity index (χ1) is 22.6. The Kier molecular flexibility index (Phi) is 6.79. The molecule has 46 heavy (non-hydrogen) atoms. The number of benzene rings is 4. The molecule has 0 bridgehead atoms. The molecule has 0 saturated heterocycles. The fourth-order valence-corrected chi connectivity index (χ4v) is 6.37. The standard InChI is InChI=1S/C33H29N9O4/c1-40-15-14-20-17-28(46-33-35-37-39-42(33)23-12-8-5-9-13-23)31(44-3)30-24-19-26(43-2)27(18-21(24)16-25(40)29(20)30)45-32-34-36-38-41(32)22-10-6-4-7-11-22/h4-13,17-19,25H,14-16H2,1-3H3/t25-/m0/s1. The highest BCUT2D eigenvalue weighted by Crippen LogP contribution is 2.54. The van der Waals surface area contributed by atoms with Crippen molar-refractivity contribution < 1.29 is 18.9 Å². The molecule has 1 aliphatic carbocycles. The zero-order chi connectivity index (χ0) is 31.2. The second-order valence-electron chi connectivity index (χ2n) is 11.1. The molecule has 8 rings (SSSR count). The molecular weight excluding hydrogens is 586 g/mol. The highest BCUT2D eigenvalue weighted by atomic mass is 16.5. The molecule has 0 amide bonds. The average molecular weight is 616 g/mol. The lowest BCUT2D eigenvalue weighted by Gasteiger charge is -2.40. The Morgan fingerprint density at radius 1 is 0.696 bits per heavy atom. The van der Waals surface area contributed by atoms with Crippen molar-refractivity contribution in [3.05, 3.63) is 95.6 Å². The lowest BCUT2D eigenvalue weighted by Crippen LogP contribution is -2.35. The zero-order valence-corrected chi connectivity index (χ0v) is 25.4. The summed E-state index contributed by atoms with van der Waals surface area (Å²) in [5, 5.41) is 24.4. The number of ether oxygens (including phenoxy) is 4. The van der Waals surface area contributed by atoms with Crippen LogP contribution in [0.5, 0.6) is 35.0 Å². The van der Waals surface area contributed by atoms with Gasteiger partial charge in [-0.1, -0.05) is 46.6 Å². The second kappa shape index (κ2) is 11.3. The van der Waals surface area contributed by atoms with Crippen molar-refractivity contribution in [3.8, 4) is 57.5 Å². The molecule has 0 saturated carbocycles. The lowest BCUT2D eigenvalue weighted by molar-refractivity contribution is 0.226. The number of fused-ring (bicyclic) bond motifs is 2. The predicted octanol–water partition coefficient (Wildman–Crippen LogP) is 4.99. The van der Waals surface area contributed by atoms with Crippen LogP contribution < -0.4 is 18.9 Å². The molecule has 0 N–H and O–H groups in total. The maximum atomic E-state index is 6.45. The van der Waals surface area contributed by atoms with E-state index < -0.39 is 0 Å². The maximum Gasteiger partial charge on any atom is 0.346 e. The third kappa shape index (κ3) is 4.59. The van der Waals surface area contributed by atoms with Crippen LogP contribution in [0.2, 0.25) is 0 Å². The molecule has 0 radical (unpaired) electrons. The summed E-state index contributed by atoms with van der Waals surface area (Å²) in [5.41, 5.74) is 6.96. The van der Waals surface area contributed by atoms with Crippen LogP contribution in [0.25, 0.3) is 22.5 Å². The first-order valence-electron chi connectivity index (χ1n) is 14.8. The molecule has 13 heteroatoms. The Bertz CT molecular complexity index is 2050. The fourth-order valence-electron chi connectivity index (χ4n) is 6.37. The predicted molar refractivity (Wildman–Crippen MR) is 166 cm³/mol. The van der Waals surface area contributed by atoms with Gasteiger partial charge in [0.15, 0.2) is 23.0 Å². The Morgan fingerprint density at radius 3 is 1.91 bits per heavy atom. The summed E-state index contributed by atoms with van der Waals surface area (Å²) in [5.74, 6) is 2.15. The van der Waals surface area contributed by atoms with E-state index in [1.807, 2.05) is 72.8 Å². The van der Waals surface area contributed by atoms with Gasteiger partial charge in [0.2, 0.25) is 0 Å². The highest BCUT2D eigenvalue weighted by molar-refractivity contribution is 5.85. The van der Waals surface area contributed by atoms with Crippen LogP contribution in [-0.2, 0) is 12.8 Å². The van der Waals surface area contributed by atoms with E-state index in [1.54, 1.807) is 23.6 Å². The van der Waals surface area contributed by atoms with Crippen LogP contribution in [0.3, 0.4) is 0 Å². The summed E-state index contributed by atoms with van der Waals surface area (Å²) in [6, 6.07) is 25.8. The highest BCUT2D eigenvalue weighted by Gasteiger charge is 2.37. The van der Waals surface area contributed by atoms with Crippen molar-refractivity contribution in [3.63, 3.8) is 0 Å². The number of para-hydroxylation sites is 2. The van der Waals surface area contributed by atoms with Gasteiger partial charge in [0, 0.05) is 18.2 Å². The summed E-state index contributed by atoms with van der Waals surface area (Å²) in [6.07, 6.45) is 1.63. The van der Waals surface area contributed by atoms with Gasteiger partial charge in [-0.25, -0.2) is 0 Å². The normalized spacial score (nSPS) is 15.2. The van der Waals surface area contributed by atoms with Crippen molar-refractivity contribution in [1.82, 2.24) is 45.3 Å². The molecule has 3 heterocycles. The number of tetrazole rings is 2. The van der Waals surface area contributed by atoms with Crippen molar-refractivity contribution in [2.45, 2.75) is 18.9 Å². The number of hydrogen-bond donors (Lipinski definition) is 0. The molecule has 230 valence electrons. The second-order valence-corrected chi connectivity index (χ2v) is 11.1. The van der Waals surface area contributed by atoms with E-state index in [-0.39, 0.29) is 18.1 Å². The van der Waals surface area contributed by atoms with Gasteiger partial charge in [-0.2, -0.15) is 9.36 Å². The number of likely N-dealkylation sites (N-methyl/N-ethyl adjacent to an activating group) is 1. The summed E-state index contributed by atoms with van der Waals surface area (Å²) in [4.78, 5) is 2.38. The van der Waals surface area contributed by atoms with Crippen LogP contribution in [0.4, 0.5) is 0 Å². The molecular formula is C33H29N9O4. The molecule has 6 aromatic rings. The van der Waals surface area contributed by atoms with Crippen LogP contribution in [0, 0.1) is 0 Å². The van der Waals surface area contributed by atoms with Gasteiger partial charge in [0.25, 0.3) is 0 Å². The summed E-state index contributed by atoms with van der Waals surface area (Å²) < 4.78 is 27.9. The van der Waals surface area contributed by atoms with Crippen LogP contribution in [0.15, 0.2) is 78.9 Å². The Labute approximate surface area is 263 Å². The van der Waals surface area contributed by atoms with Crippen molar-refractivity contribution in [2.75, 3.05) is 27.8 Å². The molecule has 0 fully saturated rings. The first kappa shape index (κ1) is 27.7. The van der Waals surface area contributed by atoms with Crippen molar-refractivity contribution >= 4 is 0 Å². The number of rotatable bonds is 8. The van der Waals surface area contributed by atoms with Crippen molar-refractivity contribution in [2.24, 2.45) is 0 Å². The summed E-state index contributed by atoms with van der Waals surface area (Å²) in [6.45, 7) is 0.894. The average Bonchev–Trinajstić information content (AvgIpc) is 3.76. The number of aromatic nitrogens is 8. The lowest BCUT2D eigenvalue weighted by atomic mass is 9.76. The Morgan fingerprint density at radius 2 is 1.30 bits per heavy atom. The van der Waals surface area contributed by atoms with Gasteiger partial charge in [0.05, 0.1) is 25.6 Å². The topological polar surface area (TPSA) is 127 Å². The van der Waals surface area contributed by atoms with Gasteiger partial charge in [-0.3, -0.25) is 4.90 Å². The SMILES string of the molecule is COc1cc2c(cc1Oc1nnnn1-c1ccccc1)C[C@H]1c3c(cc(Oc4nnnn4-c4ccccc4)c(OC)c3-2)CCN1C. The molecule has 13 nitrogen and oxygen atoms in total. The van der Waals surface area contributed by atoms with Crippen LogP contribution in [-0.4, -0.2) is 73.1 Å². The Balaban J connectivity index is 1.25. The molecule has 0 unspecified atom stereocenters. The van der Waals surface area contributed by atoms with Gasteiger partial charge < -0.3 is 18.9 Å². The summed E-state index contributed by atoms with van der Waals surface area (Å²) >= 11 is 0. The third-order valence-electron chi connectivity index (χ3n) is 8.53. The summed E-state index contributed by atoms with van der Waals surface area (Å²) in [7, 11) is 5.42. The van der Waals surface area contributed by atoms with E-state index in [0.29, 0.717) is 23.0 Å². The minimum atomic E-state index is 0.125. The van der Waals surface area contributed by atoms with Gasteiger partial charge in [-0.05, 0) is 105 Å². The van der Waals surface area contributed by atoms with E-state index >= 15 is 0 Å². The van der Waals surface area contributed by atoms with Gasteiger partial charge in [-0.15, -0.1) is 0 Å². The minimum Gasteiger partial charge on any atom is -0.493 e. The molecule has 0 spiro atoms. The van der Waals surface area contributed by atoms with E-state index in [9.17, 15) is 0 Å². The molecule has 4 aromatic carbocycles. The quantitative estimate of drug-likeness (QED) is 0.230. The van der Waals surface area contributed by atoms with Gasteiger partial charge in [0.1, 0.15) is 0 Å². The van der Waals surface area contributed by atoms with Crippen molar-refractivity contribution in [1.29, 1.82) is 0 Å².